The first kappa shape index (κ1) is 9.95. The van der Waals surface area contributed by atoms with Crippen molar-refractivity contribution in [2.45, 2.75) is 20.8 Å². The van der Waals surface area contributed by atoms with Crippen LogP contribution in [0.2, 0.25) is 0 Å². The molecule has 0 aromatic heterocycles. The molecule has 0 heterocycles. The van der Waals surface area contributed by atoms with Gasteiger partial charge in [-0.15, -0.1) is 0 Å². The second kappa shape index (κ2) is 3.96. The second-order valence-corrected chi connectivity index (χ2v) is 2.73. The van der Waals surface area contributed by atoms with Crippen molar-refractivity contribution in [1.29, 1.82) is 0 Å². The summed E-state index contributed by atoms with van der Waals surface area (Å²) in [6, 6.07) is 0. The predicted molar refractivity (Wildman–Crippen MR) is 46.6 cm³/mol. The third-order valence-electron chi connectivity index (χ3n) is 1.27. The van der Waals surface area contributed by atoms with Gasteiger partial charge in [0.25, 0.3) is 0 Å². The van der Waals surface area contributed by atoms with Crippen LogP contribution in [0.4, 0.5) is 4.39 Å². The Morgan fingerprint density at radius 1 is 1.36 bits per heavy atom. The van der Waals surface area contributed by atoms with Crippen molar-refractivity contribution in [3.63, 3.8) is 0 Å². The van der Waals surface area contributed by atoms with Crippen molar-refractivity contribution in [2.24, 2.45) is 5.73 Å². The van der Waals surface area contributed by atoms with Gasteiger partial charge in [-0.1, -0.05) is 12.2 Å². The monoisotopic (exact) mass is 155 g/mol. The summed E-state index contributed by atoms with van der Waals surface area (Å²) in [7, 11) is 0. The molecule has 0 amide bonds. The Morgan fingerprint density at radius 2 is 1.82 bits per heavy atom. The van der Waals surface area contributed by atoms with Crippen LogP contribution in [0.25, 0.3) is 0 Å². The molecule has 0 fully saturated rings. The molecule has 0 saturated carbocycles. The number of allylic oxidation sites excluding steroid dienone is 4. The molecule has 0 aliphatic carbocycles. The lowest BCUT2D eigenvalue weighted by atomic mass is 10.2. The van der Waals surface area contributed by atoms with E-state index >= 15 is 0 Å². The molecular weight excluding hydrogens is 141 g/mol. The molecule has 0 aromatic carbocycles. The van der Waals surface area contributed by atoms with Gasteiger partial charge in [-0.3, -0.25) is 0 Å². The first-order chi connectivity index (χ1) is 4.95. The number of nitrogens with two attached hydrogens (primary N) is 1. The summed E-state index contributed by atoms with van der Waals surface area (Å²) in [6.45, 7) is 8.71. The molecule has 0 atom stereocenters. The Labute approximate surface area is 67.1 Å². The van der Waals surface area contributed by atoms with Gasteiger partial charge in [0.05, 0.1) is 0 Å². The topological polar surface area (TPSA) is 26.0 Å². The minimum absolute atomic E-state index is 0.358. The van der Waals surface area contributed by atoms with E-state index in [1.54, 1.807) is 6.92 Å². The van der Waals surface area contributed by atoms with Gasteiger partial charge < -0.3 is 5.73 Å². The van der Waals surface area contributed by atoms with Crippen LogP contribution >= 0.6 is 0 Å². The molecule has 2 N–H and O–H groups in total. The fraction of sp³-hybridized carbons (Fsp3) is 0.333. The fourth-order valence-electron chi connectivity index (χ4n) is 0.404. The van der Waals surface area contributed by atoms with Crippen LogP contribution in [0.15, 0.2) is 35.3 Å². The highest BCUT2D eigenvalue weighted by Crippen LogP contribution is 2.10. The molecule has 0 rings (SSSR count). The van der Waals surface area contributed by atoms with Crippen LogP contribution in [0, 0.1) is 0 Å². The maximum Gasteiger partial charge on any atom is 0.127 e. The minimum Gasteiger partial charge on any atom is -0.399 e. The van der Waals surface area contributed by atoms with Crippen LogP contribution in [0.1, 0.15) is 20.8 Å². The molecule has 0 spiro atoms. The molecule has 0 aliphatic heterocycles. The van der Waals surface area contributed by atoms with Crippen LogP contribution in [-0.2, 0) is 0 Å². The van der Waals surface area contributed by atoms with Crippen LogP contribution in [0.5, 0.6) is 0 Å². The summed E-state index contributed by atoms with van der Waals surface area (Å²) in [5, 5.41) is 0. The third kappa shape index (κ3) is 3.61. The van der Waals surface area contributed by atoms with E-state index in [1.165, 1.54) is 6.08 Å². The molecule has 1 nitrogen and oxygen atoms in total. The van der Waals surface area contributed by atoms with E-state index in [9.17, 15) is 4.39 Å². The van der Waals surface area contributed by atoms with E-state index in [1.807, 2.05) is 13.8 Å². The maximum absolute atomic E-state index is 12.8. The quantitative estimate of drug-likeness (QED) is 0.609. The molecular formula is C9H14FN. The second-order valence-electron chi connectivity index (χ2n) is 2.73. The standard InChI is InChI=1S/C9H14FN/c1-6(2)8(10)5-9(11)7(3)4/h5H,1,11H2,2-4H3/b8-5+. The number of hydrogen-bond acceptors (Lipinski definition) is 1. The first-order valence-corrected chi connectivity index (χ1v) is 3.41. The van der Waals surface area contributed by atoms with Crippen molar-refractivity contribution in [3.05, 3.63) is 35.3 Å². The Hall–Kier alpha value is -1.05. The van der Waals surface area contributed by atoms with Crippen LogP contribution in [-0.4, -0.2) is 0 Å². The Bertz CT molecular complexity index is 220. The van der Waals surface area contributed by atoms with Gasteiger partial charge >= 0.3 is 0 Å². The molecule has 0 saturated heterocycles. The van der Waals surface area contributed by atoms with E-state index in [2.05, 4.69) is 6.58 Å². The van der Waals surface area contributed by atoms with Gasteiger partial charge in [0.15, 0.2) is 0 Å². The summed E-state index contributed by atoms with van der Waals surface area (Å²) < 4.78 is 12.8. The van der Waals surface area contributed by atoms with E-state index in [0.717, 1.165) is 5.57 Å². The van der Waals surface area contributed by atoms with Gasteiger partial charge in [-0.2, -0.15) is 0 Å². The van der Waals surface area contributed by atoms with Gasteiger partial charge in [0.1, 0.15) is 5.83 Å². The molecule has 0 bridgehead atoms. The number of halogens is 1. The first-order valence-electron chi connectivity index (χ1n) is 3.41. The highest BCUT2D eigenvalue weighted by Gasteiger charge is 1.95. The lowest BCUT2D eigenvalue weighted by Crippen LogP contribution is -1.96. The van der Waals surface area contributed by atoms with Gasteiger partial charge in [-0.05, 0) is 32.4 Å². The molecule has 0 aromatic rings. The maximum atomic E-state index is 12.8. The van der Waals surface area contributed by atoms with Crippen molar-refractivity contribution in [1.82, 2.24) is 0 Å². The van der Waals surface area contributed by atoms with E-state index < -0.39 is 0 Å². The van der Waals surface area contributed by atoms with E-state index in [-0.39, 0.29) is 5.83 Å². The summed E-state index contributed by atoms with van der Waals surface area (Å²) in [4.78, 5) is 0. The van der Waals surface area contributed by atoms with Gasteiger partial charge in [0.2, 0.25) is 0 Å². The Kier molecular flexibility index (Phi) is 3.58. The molecule has 0 radical (unpaired) electrons. The highest BCUT2D eigenvalue weighted by atomic mass is 19.1. The molecule has 0 unspecified atom stereocenters. The smallest absolute Gasteiger partial charge is 0.127 e. The molecule has 11 heavy (non-hydrogen) atoms. The largest absolute Gasteiger partial charge is 0.399 e. The summed E-state index contributed by atoms with van der Waals surface area (Å²) in [5.41, 5.74) is 7.24. The van der Waals surface area contributed by atoms with Gasteiger partial charge in [0, 0.05) is 5.70 Å². The lowest BCUT2D eigenvalue weighted by Gasteiger charge is -1.97. The zero-order chi connectivity index (χ0) is 9.02. The third-order valence-corrected chi connectivity index (χ3v) is 1.27. The molecule has 2 heteroatoms. The van der Waals surface area contributed by atoms with Gasteiger partial charge in [-0.25, -0.2) is 4.39 Å². The van der Waals surface area contributed by atoms with E-state index in [4.69, 9.17) is 5.73 Å². The number of hydrogen-bond donors (Lipinski definition) is 1. The lowest BCUT2D eigenvalue weighted by molar-refractivity contribution is 0.651. The Balaban J connectivity index is 4.58. The van der Waals surface area contributed by atoms with Crippen molar-refractivity contribution >= 4 is 0 Å². The average molecular weight is 155 g/mol. The van der Waals surface area contributed by atoms with Crippen LogP contribution in [0.3, 0.4) is 0 Å². The summed E-state index contributed by atoms with van der Waals surface area (Å²) >= 11 is 0. The minimum atomic E-state index is -0.358. The average Bonchev–Trinajstić information content (AvgIpc) is 1.87. The normalized spacial score (nSPS) is 11.1. The summed E-state index contributed by atoms with van der Waals surface area (Å²) in [5.74, 6) is -0.358. The van der Waals surface area contributed by atoms with Crippen molar-refractivity contribution in [3.8, 4) is 0 Å². The predicted octanol–water partition coefficient (Wildman–Crippen LogP) is 2.67. The van der Waals surface area contributed by atoms with E-state index in [0.29, 0.717) is 11.3 Å². The zero-order valence-corrected chi connectivity index (χ0v) is 7.24. The van der Waals surface area contributed by atoms with Crippen LogP contribution < -0.4 is 5.73 Å². The van der Waals surface area contributed by atoms with Crippen molar-refractivity contribution in [2.75, 3.05) is 0 Å². The fourth-order valence-corrected chi connectivity index (χ4v) is 0.404. The SMILES string of the molecule is C=C(C)/C(F)=C\C(N)=C(C)C. The highest BCUT2D eigenvalue weighted by molar-refractivity contribution is 5.30. The number of rotatable bonds is 2. The summed E-state index contributed by atoms with van der Waals surface area (Å²) in [6.07, 6.45) is 1.29. The molecule has 0 aliphatic rings. The molecule has 62 valence electrons. The Morgan fingerprint density at radius 3 is 2.09 bits per heavy atom. The zero-order valence-electron chi connectivity index (χ0n) is 7.24. The van der Waals surface area contributed by atoms with Crippen molar-refractivity contribution < 1.29 is 4.39 Å².